The van der Waals surface area contributed by atoms with Gasteiger partial charge in [0.2, 0.25) is 0 Å². The van der Waals surface area contributed by atoms with Crippen LogP contribution in [0.3, 0.4) is 0 Å². The zero-order chi connectivity index (χ0) is 12.6. The summed E-state index contributed by atoms with van der Waals surface area (Å²) in [4.78, 5) is 1.95. The average molecular weight is 242 g/mol. The first kappa shape index (κ1) is 15.7. The highest BCUT2D eigenvalue weighted by molar-refractivity contribution is 4.69. The number of hydrogen-bond donors (Lipinski definition) is 1. The van der Waals surface area contributed by atoms with Crippen LogP contribution in [-0.4, -0.2) is 43.5 Å². The monoisotopic (exact) mass is 242 g/mol. The maximum absolute atomic E-state index is 11.8. The van der Waals surface area contributed by atoms with E-state index in [1.807, 2.05) is 18.7 Å². The number of alkyl halides is 3. The van der Waals surface area contributed by atoms with Crippen LogP contribution in [0.15, 0.2) is 0 Å². The third-order valence-electron chi connectivity index (χ3n) is 2.52. The highest BCUT2D eigenvalue weighted by Crippen LogP contribution is 2.16. The van der Waals surface area contributed by atoms with Crippen molar-refractivity contribution in [3.8, 4) is 0 Å². The van der Waals surface area contributed by atoms with E-state index in [9.17, 15) is 13.2 Å². The fourth-order valence-electron chi connectivity index (χ4n) is 1.73. The Morgan fingerprint density at radius 3 is 2.12 bits per heavy atom. The molecule has 16 heavy (non-hydrogen) atoms. The fourth-order valence-corrected chi connectivity index (χ4v) is 1.73. The van der Waals surface area contributed by atoms with Gasteiger partial charge in [-0.15, -0.1) is 13.2 Å². The second kappa shape index (κ2) is 7.86. The van der Waals surface area contributed by atoms with Crippen LogP contribution >= 0.6 is 0 Å². The first-order valence-corrected chi connectivity index (χ1v) is 5.59. The first-order chi connectivity index (χ1) is 7.44. The summed E-state index contributed by atoms with van der Waals surface area (Å²) in [5, 5.41) is 0. The second-order valence-corrected chi connectivity index (χ2v) is 3.59. The van der Waals surface area contributed by atoms with Crippen LogP contribution in [0.4, 0.5) is 13.2 Å². The van der Waals surface area contributed by atoms with E-state index in [0.29, 0.717) is 13.1 Å². The highest BCUT2D eigenvalue weighted by Gasteiger charge is 2.29. The van der Waals surface area contributed by atoms with E-state index in [4.69, 9.17) is 5.73 Å². The Hall–Kier alpha value is -0.330. The molecule has 0 aliphatic rings. The summed E-state index contributed by atoms with van der Waals surface area (Å²) < 4.78 is 39.1. The average Bonchev–Trinajstić information content (AvgIpc) is 2.17. The zero-order valence-electron chi connectivity index (χ0n) is 9.89. The third kappa shape index (κ3) is 7.03. The molecule has 0 radical (unpaired) electrons. The molecule has 3 nitrogen and oxygen atoms in total. The van der Waals surface area contributed by atoms with Crippen molar-refractivity contribution < 1.29 is 17.9 Å². The summed E-state index contributed by atoms with van der Waals surface area (Å²) in [6.07, 6.45) is -2.73. The van der Waals surface area contributed by atoms with Gasteiger partial charge in [-0.2, -0.15) is 0 Å². The largest absolute Gasteiger partial charge is 0.522 e. The van der Waals surface area contributed by atoms with Crippen molar-refractivity contribution in [3.63, 3.8) is 0 Å². The molecule has 0 aromatic carbocycles. The maximum Gasteiger partial charge on any atom is 0.522 e. The predicted molar refractivity (Wildman–Crippen MR) is 57.0 cm³/mol. The molecule has 0 amide bonds. The Morgan fingerprint density at radius 1 is 1.19 bits per heavy atom. The molecule has 0 saturated heterocycles. The van der Waals surface area contributed by atoms with E-state index in [1.165, 1.54) is 0 Å². The molecule has 0 rings (SSSR count). The summed E-state index contributed by atoms with van der Waals surface area (Å²) in [5.41, 5.74) is 5.43. The highest BCUT2D eigenvalue weighted by atomic mass is 19.4. The molecule has 0 spiro atoms. The van der Waals surface area contributed by atoms with Crippen molar-refractivity contribution in [1.82, 2.24) is 4.90 Å². The molecule has 6 heteroatoms. The molecule has 0 aliphatic carbocycles. The third-order valence-corrected chi connectivity index (χ3v) is 2.52. The van der Waals surface area contributed by atoms with Crippen LogP contribution in [0.2, 0.25) is 0 Å². The molecule has 0 fully saturated rings. The van der Waals surface area contributed by atoms with Gasteiger partial charge < -0.3 is 5.73 Å². The van der Waals surface area contributed by atoms with Gasteiger partial charge in [-0.3, -0.25) is 9.64 Å². The molecular weight excluding hydrogens is 221 g/mol. The molecule has 98 valence electrons. The lowest BCUT2D eigenvalue weighted by molar-refractivity contribution is -0.325. The predicted octanol–water partition coefficient (Wildman–Crippen LogP) is 1.97. The van der Waals surface area contributed by atoms with E-state index in [0.717, 1.165) is 12.8 Å². The summed E-state index contributed by atoms with van der Waals surface area (Å²) in [6, 6.07) is 0.278. The van der Waals surface area contributed by atoms with Crippen LogP contribution in [-0.2, 0) is 4.74 Å². The van der Waals surface area contributed by atoms with Gasteiger partial charge in [-0.05, 0) is 12.8 Å². The number of ether oxygens (including phenoxy) is 1. The Bertz CT molecular complexity index is 172. The zero-order valence-corrected chi connectivity index (χ0v) is 9.89. The quantitative estimate of drug-likeness (QED) is 0.707. The van der Waals surface area contributed by atoms with Gasteiger partial charge in [-0.25, -0.2) is 0 Å². The number of nitrogens with two attached hydrogens (primary N) is 1. The Morgan fingerprint density at radius 2 is 1.75 bits per heavy atom. The van der Waals surface area contributed by atoms with Crippen molar-refractivity contribution >= 4 is 0 Å². The van der Waals surface area contributed by atoms with E-state index in [1.54, 1.807) is 0 Å². The molecule has 0 aliphatic heterocycles. The molecule has 0 aromatic heterocycles. The summed E-state index contributed by atoms with van der Waals surface area (Å²) >= 11 is 0. The van der Waals surface area contributed by atoms with Gasteiger partial charge in [0.25, 0.3) is 0 Å². The Labute approximate surface area is 94.7 Å². The van der Waals surface area contributed by atoms with Gasteiger partial charge >= 0.3 is 6.36 Å². The van der Waals surface area contributed by atoms with Crippen molar-refractivity contribution in [2.45, 2.75) is 39.1 Å². The van der Waals surface area contributed by atoms with E-state index < -0.39 is 6.36 Å². The molecule has 0 bridgehead atoms. The van der Waals surface area contributed by atoms with Gasteiger partial charge in [0.1, 0.15) is 0 Å². The van der Waals surface area contributed by atoms with E-state index in [-0.39, 0.29) is 19.2 Å². The maximum atomic E-state index is 11.8. The van der Waals surface area contributed by atoms with Crippen LogP contribution in [0.25, 0.3) is 0 Å². The molecule has 0 atom stereocenters. The first-order valence-electron chi connectivity index (χ1n) is 5.59. The Balaban J connectivity index is 4.02. The summed E-state index contributed by atoms with van der Waals surface area (Å²) in [7, 11) is 0. The lowest BCUT2D eigenvalue weighted by Crippen LogP contribution is -2.40. The molecule has 0 unspecified atom stereocenters. The summed E-state index contributed by atoms with van der Waals surface area (Å²) in [5.74, 6) is 0. The standard InChI is InChI=1S/C10H21F3N2O/c1-3-9(4-2)15(6-5-14)7-8-16-10(11,12)13/h9H,3-8,14H2,1-2H3. The van der Waals surface area contributed by atoms with Gasteiger partial charge in [0, 0.05) is 25.7 Å². The lowest BCUT2D eigenvalue weighted by Gasteiger charge is -2.29. The van der Waals surface area contributed by atoms with Crippen LogP contribution in [0.1, 0.15) is 26.7 Å². The van der Waals surface area contributed by atoms with Gasteiger partial charge in [-0.1, -0.05) is 13.8 Å². The van der Waals surface area contributed by atoms with Crippen LogP contribution < -0.4 is 5.73 Å². The molecule has 0 saturated carbocycles. The van der Waals surface area contributed by atoms with E-state index in [2.05, 4.69) is 4.74 Å². The number of rotatable bonds is 8. The number of nitrogens with zero attached hydrogens (tertiary/aromatic N) is 1. The number of hydrogen-bond acceptors (Lipinski definition) is 3. The minimum Gasteiger partial charge on any atom is -0.329 e. The van der Waals surface area contributed by atoms with Crippen LogP contribution in [0, 0.1) is 0 Å². The minimum atomic E-state index is -4.54. The Kier molecular flexibility index (Phi) is 7.70. The van der Waals surface area contributed by atoms with Crippen molar-refractivity contribution in [1.29, 1.82) is 0 Å². The number of halogens is 3. The summed E-state index contributed by atoms with van der Waals surface area (Å²) in [6.45, 7) is 5.02. The van der Waals surface area contributed by atoms with E-state index >= 15 is 0 Å². The molecule has 2 N–H and O–H groups in total. The van der Waals surface area contributed by atoms with Gasteiger partial charge in [0.15, 0.2) is 0 Å². The second-order valence-electron chi connectivity index (χ2n) is 3.59. The minimum absolute atomic E-state index is 0.267. The van der Waals surface area contributed by atoms with Crippen molar-refractivity contribution in [3.05, 3.63) is 0 Å². The fraction of sp³-hybridized carbons (Fsp3) is 1.00. The molecule has 0 aromatic rings. The normalized spacial score (nSPS) is 12.8. The van der Waals surface area contributed by atoms with Crippen molar-refractivity contribution in [2.24, 2.45) is 5.73 Å². The molecular formula is C10H21F3N2O. The molecule has 0 heterocycles. The SMILES string of the molecule is CCC(CC)N(CCN)CCOC(F)(F)F. The lowest BCUT2D eigenvalue weighted by atomic mass is 10.1. The van der Waals surface area contributed by atoms with Gasteiger partial charge in [0.05, 0.1) is 6.61 Å². The van der Waals surface area contributed by atoms with Crippen LogP contribution in [0.5, 0.6) is 0 Å². The van der Waals surface area contributed by atoms with Crippen molar-refractivity contribution in [2.75, 3.05) is 26.2 Å². The topological polar surface area (TPSA) is 38.5 Å². The smallest absolute Gasteiger partial charge is 0.329 e.